The van der Waals surface area contributed by atoms with Crippen LogP contribution >= 0.6 is 0 Å². The summed E-state index contributed by atoms with van der Waals surface area (Å²) in [6.07, 6.45) is 1.12. The Kier molecular flexibility index (Phi) is 7.25. The van der Waals surface area contributed by atoms with E-state index in [1.165, 1.54) is 0 Å². The molecule has 158 valence electrons. The molecule has 0 aliphatic carbocycles. The maximum atomic E-state index is 13.1. The van der Waals surface area contributed by atoms with Gasteiger partial charge in [0.15, 0.2) is 0 Å². The molecule has 3 amide bonds. The van der Waals surface area contributed by atoms with E-state index < -0.39 is 0 Å². The third-order valence-corrected chi connectivity index (χ3v) is 5.92. The van der Waals surface area contributed by atoms with Crippen molar-refractivity contribution in [2.75, 3.05) is 57.3 Å². The molecule has 2 fully saturated rings. The van der Waals surface area contributed by atoms with Crippen molar-refractivity contribution in [3.63, 3.8) is 0 Å². The fourth-order valence-corrected chi connectivity index (χ4v) is 4.21. The van der Waals surface area contributed by atoms with Gasteiger partial charge in [0.2, 0.25) is 17.7 Å². The Morgan fingerprint density at radius 3 is 2.45 bits per heavy atom. The Bertz CT molecular complexity index is 720. The largest absolute Gasteiger partial charge is 0.342 e. The molecule has 0 radical (unpaired) electrons. The molecule has 2 heterocycles. The van der Waals surface area contributed by atoms with E-state index in [9.17, 15) is 14.4 Å². The van der Waals surface area contributed by atoms with Crippen LogP contribution in [0, 0.1) is 5.92 Å². The second-order valence-electron chi connectivity index (χ2n) is 7.76. The molecule has 0 spiro atoms. The van der Waals surface area contributed by atoms with Crippen LogP contribution in [-0.2, 0) is 14.4 Å². The number of para-hydroxylation sites is 1. The van der Waals surface area contributed by atoms with Gasteiger partial charge in [0.25, 0.3) is 0 Å². The van der Waals surface area contributed by atoms with Crippen molar-refractivity contribution in [2.24, 2.45) is 5.92 Å². The summed E-state index contributed by atoms with van der Waals surface area (Å²) in [5.74, 6) is -0.0641. The van der Waals surface area contributed by atoms with Crippen LogP contribution in [0.2, 0.25) is 0 Å². The molecule has 1 aromatic carbocycles. The van der Waals surface area contributed by atoms with Crippen molar-refractivity contribution in [3.05, 3.63) is 30.3 Å². The van der Waals surface area contributed by atoms with Crippen molar-refractivity contribution < 1.29 is 14.4 Å². The summed E-state index contributed by atoms with van der Waals surface area (Å²) in [7, 11) is 0. The zero-order chi connectivity index (χ0) is 20.8. The fraction of sp³-hybridized carbons (Fsp3) is 0.591. The Morgan fingerprint density at radius 2 is 1.76 bits per heavy atom. The van der Waals surface area contributed by atoms with Crippen LogP contribution in [0.5, 0.6) is 0 Å². The smallest absolute Gasteiger partial charge is 0.236 e. The van der Waals surface area contributed by atoms with Crippen LogP contribution < -0.4 is 4.90 Å². The lowest BCUT2D eigenvalue weighted by Gasteiger charge is -2.26. The van der Waals surface area contributed by atoms with E-state index >= 15 is 0 Å². The summed E-state index contributed by atoms with van der Waals surface area (Å²) in [5.41, 5.74) is 0.852. The van der Waals surface area contributed by atoms with Gasteiger partial charge in [0, 0.05) is 57.9 Å². The molecule has 1 aromatic rings. The lowest BCUT2D eigenvalue weighted by molar-refractivity contribution is -0.135. The van der Waals surface area contributed by atoms with Gasteiger partial charge in [0.05, 0.1) is 12.5 Å². The lowest BCUT2D eigenvalue weighted by Crippen LogP contribution is -2.43. The molecule has 3 rings (SSSR count). The third-order valence-electron chi connectivity index (χ3n) is 5.92. The molecule has 1 atom stereocenters. The van der Waals surface area contributed by atoms with Crippen LogP contribution in [0.4, 0.5) is 5.69 Å². The Hall–Kier alpha value is -2.41. The van der Waals surface area contributed by atoms with E-state index in [1.54, 1.807) is 4.90 Å². The maximum Gasteiger partial charge on any atom is 0.236 e. The van der Waals surface area contributed by atoms with Crippen molar-refractivity contribution >= 4 is 23.4 Å². The highest BCUT2D eigenvalue weighted by molar-refractivity contribution is 6.00. The first-order valence-corrected chi connectivity index (χ1v) is 10.7. The van der Waals surface area contributed by atoms with Gasteiger partial charge in [-0.15, -0.1) is 0 Å². The molecule has 0 bridgehead atoms. The van der Waals surface area contributed by atoms with Gasteiger partial charge >= 0.3 is 0 Å². The van der Waals surface area contributed by atoms with E-state index in [0.29, 0.717) is 32.7 Å². The van der Waals surface area contributed by atoms with Crippen molar-refractivity contribution in [3.8, 4) is 0 Å². The van der Waals surface area contributed by atoms with E-state index in [2.05, 4.69) is 4.90 Å². The lowest BCUT2D eigenvalue weighted by atomic mass is 10.1. The Morgan fingerprint density at radius 1 is 1.03 bits per heavy atom. The molecular weight excluding hydrogens is 368 g/mol. The molecule has 0 aromatic heterocycles. The van der Waals surface area contributed by atoms with Gasteiger partial charge in [0.1, 0.15) is 0 Å². The number of benzene rings is 1. The second kappa shape index (κ2) is 9.87. The molecule has 7 nitrogen and oxygen atoms in total. The van der Waals surface area contributed by atoms with Crippen LogP contribution in [0.15, 0.2) is 30.3 Å². The molecule has 0 saturated carbocycles. The monoisotopic (exact) mass is 400 g/mol. The van der Waals surface area contributed by atoms with Crippen molar-refractivity contribution in [1.82, 2.24) is 14.7 Å². The molecule has 29 heavy (non-hydrogen) atoms. The summed E-state index contributed by atoms with van der Waals surface area (Å²) in [6.45, 7) is 9.10. The SMILES string of the molecule is CCN(CC)C(=O)CN1CCCN(C(=O)C2CC(=O)N(c3ccccc3)C2)CC1. The van der Waals surface area contributed by atoms with Crippen LogP contribution in [0.3, 0.4) is 0 Å². The first-order chi connectivity index (χ1) is 14.0. The number of amides is 3. The highest BCUT2D eigenvalue weighted by Gasteiger charge is 2.37. The number of carbonyl (C=O) groups excluding carboxylic acids is 3. The number of hydrogen-bond acceptors (Lipinski definition) is 4. The van der Waals surface area contributed by atoms with E-state index in [-0.39, 0.29) is 30.1 Å². The number of rotatable bonds is 6. The van der Waals surface area contributed by atoms with E-state index in [0.717, 1.165) is 31.7 Å². The molecule has 1 unspecified atom stereocenters. The average molecular weight is 401 g/mol. The van der Waals surface area contributed by atoms with Crippen molar-refractivity contribution in [1.29, 1.82) is 0 Å². The van der Waals surface area contributed by atoms with Crippen molar-refractivity contribution in [2.45, 2.75) is 26.7 Å². The summed E-state index contributed by atoms with van der Waals surface area (Å²) in [6, 6.07) is 9.53. The molecule has 2 aliphatic rings. The number of nitrogens with zero attached hydrogens (tertiary/aromatic N) is 4. The number of likely N-dealkylation sites (N-methyl/N-ethyl adjacent to an activating group) is 1. The quantitative estimate of drug-likeness (QED) is 0.725. The van der Waals surface area contributed by atoms with Crippen LogP contribution in [0.25, 0.3) is 0 Å². The Balaban J connectivity index is 1.54. The highest BCUT2D eigenvalue weighted by atomic mass is 16.2. The zero-order valence-corrected chi connectivity index (χ0v) is 17.5. The van der Waals surface area contributed by atoms with E-state index in [1.807, 2.05) is 54.0 Å². The molecule has 0 N–H and O–H groups in total. The standard InChI is InChI=1S/C22H32N4O3/c1-3-24(4-2)21(28)17-23-11-8-12-25(14-13-23)22(29)18-15-20(27)26(16-18)19-9-6-5-7-10-19/h5-7,9-10,18H,3-4,8,11-17H2,1-2H3. The minimum atomic E-state index is -0.286. The van der Waals surface area contributed by atoms with Crippen LogP contribution in [0.1, 0.15) is 26.7 Å². The van der Waals surface area contributed by atoms with Gasteiger partial charge in [-0.1, -0.05) is 18.2 Å². The van der Waals surface area contributed by atoms with Gasteiger partial charge < -0.3 is 14.7 Å². The third kappa shape index (κ3) is 5.15. The minimum absolute atomic E-state index is 0.0100. The highest BCUT2D eigenvalue weighted by Crippen LogP contribution is 2.26. The second-order valence-corrected chi connectivity index (χ2v) is 7.76. The summed E-state index contributed by atoms with van der Waals surface area (Å²) in [4.78, 5) is 45.5. The average Bonchev–Trinajstić information content (AvgIpc) is 2.97. The number of anilines is 1. The predicted molar refractivity (Wildman–Crippen MR) is 112 cm³/mol. The minimum Gasteiger partial charge on any atom is -0.342 e. The number of hydrogen-bond donors (Lipinski definition) is 0. The first-order valence-electron chi connectivity index (χ1n) is 10.7. The van der Waals surface area contributed by atoms with Gasteiger partial charge in [-0.05, 0) is 32.4 Å². The topological polar surface area (TPSA) is 64.2 Å². The van der Waals surface area contributed by atoms with Gasteiger partial charge in [-0.3, -0.25) is 19.3 Å². The zero-order valence-electron chi connectivity index (χ0n) is 17.5. The number of carbonyl (C=O) groups is 3. The molecule has 2 aliphatic heterocycles. The predicted octanol–water partition coefficient (Wildman–Crippen LogP) is 1.44. The first kappa shape index (κ1) is 21.3. The Labute approximate surface area is 173 Å². The van der Waals surface area contributed by atoms with Gasteiger partial charge in [-0.2, -0.15) is 0 Å². The molecule has 2 saturated heterocycles. The van der Waals surface area contributed by atoms with Crippen LogP contribution in [-0.4, -0.2) is 84.8 Å². The maximum absolute atomic E-state index is 13.1. The fourth-order valence-electron chi connectivity index (χ4n) is 4.21. The molecular formula is C22H32N4O3. The van der Waals surface area contributed by atoms with Gasteiger partial charge in [-0.25, -0.2) is 0 Å². The molecule has 7 heteroatoms. The normalized spacial score (nSPS) is 20.6. The summed E-state index contributed by atoms with van der Waals surface area (Å²) < 4.78 is 0. The summed E-state index contributed by atoms with van der Waals surface area (Å²) >= 11 is 0. The summed E-state index contributed by atoms with van der Waals surface area (Å²) in [5, 5.41) is 0. The van der Waals surface area contributed by atoms with E-state index in [4.69, 9.17) is 0 Å².